The first kappa shape index (κ1) is 27.0. The molecule has 3 aliphatic rings. The Labute approximate surface area is 204 Å². The Morgan fingerprint density at radius 1 is 1.09 bits per heavy atom. The molecular weight excluding hydrogens is 454 g/mol. The van der Waals surface area contributed by atoms with Gasteiger partial charge in [-0.3, -0.25) is 9.59 Å². The molecule has 9 heteroatoms. The van der Waals surface area contributed by atoms with Crippen LogP contribution in [0.1, 0.15) is 80.6 Å². The first-order chi connectivity index (χ1) is 15.5. The van der Waals surface area contributed by atoms with Crippen molar-refractivity contribution < 1.29 is 22.8 Å². The van der Waals surface area contributed by atoms with E-state index in [1.807, 2.05) is 20.8 Å². The van der Waals surface area contributed by atoms with Gasteiger partial charge >= 0.3 is 6.03 Å². The summed E-state index contributed by atoms with van der Waals surface area (Å²) >= 11 is 0. The lowest BCUT2D eigenvalue weighted by atomic mass is 9.83. The summed E-state index contributed by atoms with van der Waals surface area (Å²) < 4.78 is 24.9. The first-order valence-corrected chi connectivity index (χ1v) is 14.5. The molecule has 3 amide bonds. The largest absolute Gasteiger partial charge is 0.332 e. The molecule has 0 aromatic carbocycles. The third-order valence-electron chi connectivity index (χ3n) is 8.42. The Hall–Kier alpha value is -1.64. The van der Waals surface area contributed by atoms with Crippen molar-refractivity contribution in [2.45, 2.75) is 98.2 Å². The van der Waals surface area contributed by atoms with Gasteiger partial charge in [0.05, 0.1) is 17.3 Å². The summed E-state index contributed by atoms with van der Waals surface area (Å²) in [6, 6.07) is -1.81. The maximum absolute atomic E-state index is 13.7. The van der Waals surface area contributed by atoms with Crippen molar-refractivity contribution in [2.24, 2.45) is 22.7 Å². The molecule has 194 valence electrons. The van der Waals surface area contributed by atoms with Gasteiger partial charge in [0.25, 0.3) is 0 Å². The summed E-state index contributed by atoms with van der Waals surface area (Å²) in [4.78, 5) is 41.1. The second kappa shape index (κ2) is 9.10. The van der Waals surface area contributed by atoms with Crippen LogP contribution >= 0.6 is 0 Å². The van der Waals surface area contributed by atoms with Gasteiger partial charge < -0.3 is 15.5 Å². The number of hydrogen-bond acceptors (Lipinski definition) is 5. The molecule has 0 aromatic heterocycles. The van der Waals surface area contributed by atoms with Crippen molar-refractivity contribution in [3.05, 3.63) is 0 Å². The highest BCUT2D eigenvalue weighted by Crippen LogP contribution is 2.65. The molecule has 8 nitrogen and oxygen atoms in total. The molecule has 34 heavy (non-hydrogen) atoms. The third kappa shape index (κ3) is 5.29. The predicted octanol–water partition coefficient (Wildman–Crippen LogP) is 2.91. The number of carbonyl (C=O) groups excluding carboxylic acids is 3. The van der Waals surface area contributed by atoms with Crippen LogP contribution in [0.2, 0.25) is 0 Å². The Kier molecular flexibility index (Phi) is 7.21. The van der Waals surface area contributed by atoms with Crippen LogP contribution in [0.25, 0.3) is 0 Å². The maximum atomic E-state index is 13.7. The van der Waals surface area contributed by atoms with Crippen molar-refractivity contribution in [3.8, 4) is 0 Å². The molecule has 0 spiro atoms. The molecule has 0 unspecified atom stereocenters. The van der Waals surface area contributed by atoms with Crippen molar-refractivity contribution in [2.75, 3.05) is 18.1 Å². The van der Waals surface area contributed by atoms with E-state index < -0.39 is 38.9 Å². The second-order valence-electron chi connectivity index (χ2n) is 12.4. The fourth-order valence-corrected chi connectivity index (χ4v) is 7.67. The van der Waals surface area contributed by atoms with Crippen molar-refractivity contribution in [1.82, 2.24) is 15.5 Å². The van der Waals surface area contributed by atoms with Crippen LogP contribution in [-0.4, -0.2) is 66.7 Å². The number of carbonyl (C=O) groups is 3. The number of piperidine rings is 1. The number of nitrogens with one attached hydrogen (secondary N) is 2. The summed E-state index contributed by atoms with van der Waals surface area (Å²) in [7, 11) is -3.29. The quantitative estimate of drug-likeness (QED) is 0.562. The molecule has 2 saturated carbocycles. The first-order valence-electron chi connectivity index (χ1n) is 12.6. The molecule has 0 aromatic rings. The SMILES string of the molecule is CCS(=O)(=O)CC1(NC(=O)N[C@H](C(=O)N2C[C@H]3[C@@H]([C@H]2C(C)=O)C3(C)C)C(C)(C)C)CCCCC1. The topological polar surface area (TPSA) is 113 Å². The molecule has 0 bridgehead atoms. The van der Waals surface area contributed by atoms with Crippen LogP contribution in [0.3, 0.4) is 0 Å². The minimum Gasteiger partial charge on any atom is -0.332 e. The minimum absolute atomic E-state index is 0.0190. The van der Waals surface area contributed by atoms with Gasteiger partial charge in [0.1, 0.15) is 6.04 Å². The normalized spacial score (nSPS) is 28.6. The van der Waals surface area contributed by atoms with E-state index in [-0.39, 0.29) is 34.5 Å². The highest BCUT2D eigenvalue weighted by Gasteiger charge is 2.69. The summed E-state index contributed by atoms with van der Waals surface area (Å²) in [6.45, 7) is 13.6. The standard InChI is InChI=1S/C25H43N3O5S/c1-8-34(32,33)15-25(12-10-9-11-13-25)27-22(31)26-20(23(3,4)5)21(30)28-14-17-18(24(17,6)7)19(28)16(2)29/h17-20H,8-15H2,1-7H3,(H2,26,27,31)/t17-,18-,19+,20+/m0/s1. The van der Waals surface area contributed by atoms with Gasteiger partial charge in [0.15, 0.2) is 15.6 Å². The number of sulfone groups is 1. The lowest BCUT2D eigenvalue weighted by Crippen LogP contribution is -2.63. The van der Waals surface area contributed by atoms with E-state index in [1.165, 1.54) is 6.92 Å². The molecule has 1 aliphatic heterocycles. The van der Waals surface area contributed by atoms with E-state index in [2.05, 4.69) is 24.5 Å². The molecule has 1 saturated heterocycles. The molecule has 2 aliphatic carbocycles. The number of fused-ring (bicyclic) bond motifs is 1. The molecule has 3 fully saturated rings. The number of ketones is 1. The van der Waals surface area contributed by atoms with Gasteiger partial charge in [-0.05, 0) is 42.4 Å². The monoisotopic (exact) mass is 497 g/mol. The molecule has 1 heterocycles. The van der Waals surface area contributed by atoms with E-state index in [1.54, 1.807) is 11.8 Å². The fourth-order valence-electron chi connectivity index (χ4n) is 6.26. The molecule has 2 N–H and O–H groups in total. The highest BCUT2D eigenvalue weighted by molar-refractivity contribution is 7.91. The summed E-state index contributed by atoms with van der Waals surface area (Å²) in [6.07, 6.45) is 3.93. The number of urea groups is 1. The summed E-state index contributed by atoms with van der Waals surface area (Å²) in [5.74, 6) is 0.132. The van der Waals surface area contributed by atoms with E-state index in [4.69, 9.17) is 0 Å². The third-order valence-corrected chi connectivity index (χ3v) is 10.3. The van der Waals surface area contributed by atoms with Crippen molar-refractivity contribution in [1.29, 1.82) is 0 Å². The van der Waals surface area contributed by atoms with E-state index in [9.17, 15) is 22.8 Å². The van der Waals surface area contributed by atoms with Crippen molar-refractivity contribution in [3.63, 3.8) is 0 Å². The van der Waals surface area contributed by atoms with Gasteiger partial charge in [0.2, 0.25) is 5.91 Å². The van der Waals surface area contributed by atoms with Crippen LogP contribution in [0.4, 0.5) is 4.79 Å². The zero-order chi connectivity index (χ0) is 25.7. The highest BCUT2D eigenvalue weighted by atomic mass is 32.2. The van der Waals surface area contributed by atoms with Gasteiger partial charge in [0, 0.05) is 12.3 Å². The average Bonchev–Trinajstić information content (AvgIpc) is 3.06. The second-order valence-corrected chi connectivity index (χ2v) is 14.8. The van der Waals surface area contributed by atoms with Crippen molar-refractivity contribution >= 4 is 27.6 Å². The average molecular weight is 498 g/mol. The number of rotatable bonds is 7. The summed E-state index contributed by atoms with van der Waals surface area (Å²) in [5, 5.41) is 5.84. The number of Topliss-reactive ketones (excluding diaryl/α,β-unsaturated/α-hetero) is 1. The predicted molar refractivity (Wildman–Crippen MR) is 132 cm³/mol. The molecular formula is C25H43N3O5S. The minimum atomic E-state index is -3.29. The van der Waals surface area contributed by atoms with Crippen LogP contribution in [0.15, 0.2) is 0 Å². The lowest BCUT2D eigenvalue weighted by Gasteiger charge is -2.40. The van der Waals surface area contributed by atoms with E-state index in [0.29, 0.717) is 25.3 Å². The number of nitrogens with zero attached hydrogens (tertiary/aromatic N) is 1. The van der Waals surface area contributed by atoms with Crippen LogP contribution < -0.4 is 10.6 Å². The zero-order valence-corrected chi connectivity index (χ0v) is 22.7. The van der Waals surface area contributed by atoms with Gasteiger partial charge in [-0.15, -0.1) is 0 Å². The number of amides is 3. The van der Waals surface area contributed by atoms with Gasteiger partial charge in [-0.1, -0.05) is 60.8 Å². The molecule has 0 radical (unpaired) electrons. The van der Waals surface area contributed by atoms with Crippen LogP contribution in [-0.2, 0) is 19.4 Å². The molecule has 3 rings (SSSR count). The van der Waals surface area contributed by atoms with Crippen LogP contribution in [0.5, 0.6) is 0 Å². The maximum Gasteiger partial charge on any atom is 0.315 e. The Morgan fingerprint density at radius 3 is 2.18 bits per heavy atom. The van der Waals surface area contributed by atoms with Gasteiger partial charge in [-0.25, -0.2) is 13.2 Å². The van der Waals surface area contributed by atoms with E-state index in [0.717, 1.165) is 19.3 Å². The smallest absolute Gasteiger partial charge is 0.315 e. The Balaban J connectivity index is 1.78. The fraction of sp³-hybridized carbons (Fsp3) is 0.880. The van der Waals surface area contributed by atoms with Gasteiger partial charge in [-0.2, -0.15) is 0 Å². The van der Waals surface area contributed by atoms with E-state index >= 15 is 0 Å². The Bertz CT molecular complexity index is 931. The molecule has 4 atom stereocenters. The summed E-state index contributed by atoms with van der Waals surface area (Å²) in [5.41, 5.74) is -1.36. The number of hydrogen-bond donors (Lipinski definition) is 2. The zero-order valence-electron chi connectivity index (χ0n) is 21.9. The number of likely N-dealkylation sites (tertiary alicyclic amines) is 1. The lowest BCUT2D eigenvalue weighted by molar-refractivity contribution is -0.142. The Morgan fingerprint density at radius 2 is 1.68 bits per heavy atom. The van der Waals surface area contributed by atoms with Crippen LogP contribution in [0, 0.1) is 22.7 Å².